The zero-order chi connectivity index (χ0) is 25.3. The van der Waals surface area contributed by atoms with Gasteiger partial charge in [-0.2, -0.15) is 13.2 Å². The molecule has 0 radical (unpaired) electrons. The SMILES string of the molecule is CC(C)C(=O)C1OC2(CNC2)c2ccc(C3=COC(c4cc(Cl)c(F)c(Cl)c4)(C(F)(F)F)C3)cc21. The number of benzene rings is 2. The standard InChI is InChI=1S/C25H21Cl2F4NO3/c1-12(2)21(33)22-16-5-13(3-4-17(16)23(35-22)10-32-11-23)14-8-24(34-9-14,25(29,30)31)15-6-18(26)20(28)19(27)7-15/h3-7,9,12,22,32H,8,10-11H2,1-2H3. The number of halogens is 6. The molecule has 1 fully saturated rings. The van der Waals surface area contributed by atoms with Crippen LogP contribution >= 0.6 is 23.2 Å². The van der Waals surface area contributed by atoms with E-state index >= 15 is 0 Å². The van der Waals surface area contributed by atoms with Crippen molar-refractivity contribution in [1.82, 2.24) is 5.32 Å². The summed E-state index contributed by atoms with van der Waals surface area (Å²) in [5.74, 6) is -1.37. The van der Waals surface area contributed by atoms with Crippen molar-refractivity contribution in [1.29, 1.82) is 0 Å². The number of carbonyl (C=O) groups excluding carboxylic acids is 1. The Morgan fingerprint density at radius 3 is 2.34 bits per heavy atom. The van der Waals surface area contributed by atoms with Crippen molar-refractivity contribution in [2.24, 2.45) is 5.92 Å². The molecule has 1 N–H and O–H groups in total. The van der Waals surface area contributed by atoms with Crippen LogP contribution in [0.5, 0.6) is 0 Å². The third-order valence-corrected chi connectivity index (χ3v) is 7.49. The van der Waals surface area contributed by atoms with Gasteiger partial charge < -0.3 is 14.8 Å². The number of alkyl halides is 3. The van der Waals surface area contributed by atoms with E-state index < -0.39 is 51.3 Å². The van der Waals surface area contributed by atoms with Gasteiger partial charge in [0.25, 0.3) is 0 Å². The molecule has 0 aromatic heterocycles. The van der Waals surface area contributed by atoms with Crippen LogP contribution in [0.4, 0.5) is 17.6 Å². The minimum Gasteiger partial charge on any atom is -0.480 e. The van der Waals surface area contributed by atoms with E-state index in [1.54, 1.807) is 32.0 Å². The Labute approximate surface area is 209 Å². The molecule has 2 unspecified atom stereocenters. The second-order valence-corrected chi connectivity index (χ2v) is 10.3. The molecule has 35 heavy (non-hydrogen) atoms. The van der Waals surface area contributed by atoms with Crippen LogP contribution in [0.15, 0.2) is 36.6 Å². The van der Waals surface area contributed by atoms with Crippen molar-refractivity contribution in [3.63, 3.8) is 0 Å². The van der Waals surface area contributed by atoms with Crippen LogP contribution in [0.2, 0.25) is 10.0 Å². The highest BCUT2D eigenvalue weighted by molar-refractivity contribution is 6.35. The van der Waals surface area contributed by atoms with E-state index in [4.69, 9.17) is 32.7 Å². The van der Waals surface area contributed by atoms with Gasteiger partial charge in [0.1, 0.15) is 11.7 Å². The van der Waals surface area contributed by atoms with E-state index in [-0.39, 0.29) is 17.3 Å². The Kier molecular flexibility index (Phi) is 5.75. The number of rotatable bonds is 4. The second kappa shape index (κ2) is 8.20. The summed E-state index contributed by atoms with van der Waals surface area (Å²) in [6.07, 6.45) is -5.18. The summed E-state index contributed by atoms with van der Waals surface area (Å²) in [6.45, 7) is 4.67. The number of nitrogens with one attached hydrogen (secondary N) is 1. The lowest BCUT2D eigenvalue weighted by molar-refractivity contribution is -0.260. The van der Waals surface area contributed by atoms with Crippen molar-refractivity contribution >= 4 is 34.6 Å². The highest BCUT2D eigenvalue weighted by Crippen LogP contribution is 2.54. The summed E-state index contributed by atoms with van der Waals surface area (Å²) in [6, 6.07) is 6.98. The first-order valence-corrected chi connectivity index (χ1v) is 11.8. The Hall–Kier alpha value is -2.13. The van der Waals surface area contributed by atoms with Crippen LogP contribution in [-0.4, -0.2) is 25.0 Å². The van der Waals surface area contributed by atoms with Crippen molar-refractivity contribution in [2.45, 2.75) is 43.8 Å². The van der Waals surface area contributed by atoms with Crippen LogP contribution in [-0.2, 0) is 25.5 Å². The van der Waals surface area contributed by atoms with Gasteiger partial charge in [0.2, 0.25) is 5.60 Å². The molecule has 10 heteroatoms. The van der Waals surface area contributed by atoms with Crippen molar-refractivity contribution in [2.75, 3.05) is 13.1 Å². The Morgan fingerprint density at radius 2 is 1.80 bits per heavy atom. The topological polar surface area (TPSA) is 47.6 Å². The highest BCUT2D eigenvalue weighted by atomic mass is 35.5. The van der Waals surface area contributed by atoms with Gasteiger partial charge >= 0.3 is 6.18 Å². The van der Waals surface area contributed by atoms with E-state index in [2.05, 4.69) is 5.32 Å². The van der Waals surface area contributed by atoms with Gasteiger partial charge in [0.15, 0.2) is 11.6 Å². The fourth-order valence-electron chi connectivity index (χ4n) is 4.87. The zero-order valence-corrected chi connectivity index (χ0v) is 20.2. The maximum absolute atomic E-state index is 14.4. The molecule has 4 nitrogen and oxygen atoms in total. The van der Waals surface area contributed by atoms with E-state index in [0.717, 1.165) is 24.0 Å². The minimum absolute atomic E-state index is 0.0935. The minimum atomic E-state index is -4.85. The van der Waals surface area contributed by atoms with Gasteiger partial charge in [-0.3, -0.25) is 4.79 Å². The van der Waals surface area contributed by atoms with E-state index in [0.29, 0.717) is 24.2 Å². The van der Waals surface area contributed by atoms with Crippen LogP contribution in [0.3, 0.4) is 0 Å². The number of carbonyl (C=O) groups is 1. The Morgan fingerprint density at radius 1 is 1.14 bits per heavy atom. The van der Waals surface area contributed by atoms with Gasteiger partial charge in [-0.1, -0.05) is 49.2 Å². The van der Waals surface area contributed by atoms with E-state index in [9.17, 15) is 22.4 Å². The van der Waals surface area contributed by atoms with E-state index in [1.807, 2.05) is 0 Å². The number of fused-ring (bicyclic) bond motifs is 2. The monoisotopic (exact) mass is 529 g/mol. The number of hydrogen-bond acceptors (Lipinski definition) is 4. The molecular weight excluding hydrogens is 509 g/mol. The molecule has 5 rings (SSSR count). The number of Topliss-reactive ketones (excluding diaryl/α,β-unsaturated/α-hetero) is 1. The lowest BCUT2D eigenvalue weighted by Gasteiger charge is -2.39. The molecule has 3 heterocycles. The normalized spacial score (nSPS) is 24.8. The second-order valence-electron chi connectivity index (χ2n) is 9.47. The van der Waals surface area contributed by atoms with Crippen molar-refractivity contribution < 1.29 is 31.8 Å². The van der Waals surface area contributed by atoms with Gasteiger partial charge in [0.05, 0.1) is 16.3 Å². The van der Waals surface area contributed by atoms with Crippen LogP contribution < -0.4 is 5.32 Å². The largest absolute Gasteiger partial charge is 0.480 e. The first-order valence-electron chi connectivity index (χ1n) is 11.0. The average molecular weight is 530 g/mol. The van der Waals surface area contributed by atoms with Crippen LogP contribution in [0.25, 0.3) is 5.57 Å². The number of ether oxygens (including phenoxy) is 2. The number of ketones is 1. The predicted octanol–water partition coefficient (Wildman–Crippen LogP) is 6.45. The van der Waals surface area contributed by atoms with Crippen molar-refractivity contribution in [3.05, 3.63) is 74.7 Å². The molecule has 0 amide bonds. The predicted molar refractivity (Wildman–Crippen MR) is 122 cm³/mol. The summed E-state index contributed by atoms with van der Waals surface area (Å²) in [5.41, 5.74) is -1.54. The maximum atomic E-state index is 14.4. The molecule has 3 aliphatic rings. The summed E-state index contributed by atoms with van der Waals surface area (Å²) in [5, 5.41) is 2.10. The third kappa shape index (κ3) is 3.68. The Balaban J connectivity index is 1.54. The molecule has 1 saturated heterocycles. The Bertz CT molecular complexity index is 1230. The molecular formula is C25H21Cl2F4NO3. The summed E-state index contributed by atoms with van der Waals surface area (Å²) >= 11 is 11.6. The molecule has 2 atom stereocenters. The molecule has 0 aliphatic carbocycles. The fraction of sp³-hybridized carbons (Fsp3) is 0.400. The lowest BCUT2D eigenvalue weighted by Crippen LogP contribution is -2.57. The molecule has 1 spiro atoms. The van der Waals surface area contributed by atoms with E-state index in [1.165, 1.54) is 0 Å². The first-order chi connectivity index (χ1) is 16.4. The van der Waals surface area contributed by atoms with Crippen LogP contribution in [0, 0.1) is 11.7 Å². The summed E-state index contributed by atoms with van der Waals surface area (Å²) < 4.78 is 68.5. The first kappa shape index (κ1) is 24.6. The summed E-state index contributed by atoms with van der Waals surface area (Å²) in [7, 11) is 0. The quantitative estimate of drug-likeness (QED) is 0.365. The van der Waals surface area contributed by atoms with Gasteiger partial charge in [-0.25, -0.2) is 4.39 Å². The van der Waals surface area contributed by atoms with Gasteiger partial charge in [-0.05, 0) is 40.5 Å². The highest BCUT2D eigenvalue weighted by Gasteiger charge is 2.61. The van der Waals surface area contributed by atoms with Gasteiger partial charge in [-0.15, -0.1) is 0 Å². The van der Waals surface area contributed by atoms with Gasteiger partial charge in [0, 0.05) is 31.0 Å². The lowest BCUT2D eigenvalue weighted by atomic mass is 9.82. The molecule has 2 aromatic rings. The zero-order valence-electron chi connectivity index (χ0n) is 18.7. The molecule has 3 aliphatic heterocycles. The fourth-order valence-corrected chi connectivity index (χ4v) is 5.36. The molecule has 0 saturated carbocycles. The van der Waals surface area contributed by atoms with Crippen molar-refractivity contribution in [3.8, 4) is 0 Å². The smallest absolute Gasteiger partial charge is 0.432 e. The molecule has 186 valence electrons. The number of hydrogen-bond donors (Lipinski definition) is 1. The summed E-state index contributed by atoms with van der Waals surface area (Å²) in [4.78, 5) is 12.9. The van der Waals surface area contributed by atoms with Crippen LogP contribution in [0.1, 0.15) is 48.6 Å². The average Bonchev–Trinajstić information content (AvgIpc) is 3.37. The molecule has 0 bridgehead atoms. The third-order valence-electron chi connectivity index (χ3n) is 6.94. The maximum Gasteiger partial charge on any atom is 0.432 e. The molecule has 2 aromatic carbocycles.